The van der Waals surface area contributed by atoms with Crippen LogP contribution in [0.25, 0.3) is 0 Å². The normalized spacial score (nSPS) is 18.2. The van der Waals surface area contributed by atoms with Crippen molar-refractivity contribution >= 4 is 29.1 Å². The van der Waals surface area contributed by atoms with Gasteiger partial charge in [-0.2, -0.15) is 0 Å². The number of benzene rings is 1. The van der Waals surface area contributed by atoms with Crippen molar-refractivity contribution in [2.45, 2.75) is 19.1 Å². The molecule has 0 unspecified atom stereocenters. The number of ether oxygens (including phenoxy) is 1. The van der Waals surface area contributed by atoms with Crippen molar-refractivity contribution in [1.82, 2.24) is 19.7 Å². The van der Waals surface area contributed by atoms with E-state index in [1.54, 1.807) is 29.4 Å². The largest absolute Gasteiger partial charge is 0.370 e. The Labute approximate surface area is 144 Å². The van der Waals surface area contributed by atoms with Gasteiger partial charge in [0.05, 0.1) is 23.2 Å². The zero-order chi connectivity index (χ0) is 16.2. The van der Waals surface area contributed by atoms with Gasteiger partial charge < -0.3 is 14.2 Å². The first-order valence-corrected chi connectivity index (χ1v) is 8.06. The number of halogens is 2. The van der Waals surface area contributed by atoms with Crippen LogP contribution >= 0.6 is 23.2 Å². The van der Waals surface area contributed by atoms with Crippen LogP contribution in [0.15, 0.2) is 30.9 Å². The van der Waals surface area contributed by atoms with Gasteiger partial charge >= 0.3 is 0 Å². The molecule has 1 amide bonds. The van der Waals surface area contributed by atoms with Crippen molar-refractivity contribution < 1.29 is 9.53 Å². The van der Waals surface area contributed by atoms with Crippen molar-refractivity contribution in [3.8, 4) is 0 Å². The van der Waals surface area contributed by atoms with Gasteiger partial charge in [-0.05, 0) is 17.7 Å². The maximum Gasteiger partial charge on any atom is 0.224 e. The lowest BCUT2D eigenvalue weighted by molar-refractivity contribution is -0.139. The molecule has 0 N–H and O–H groups in total. The lowest BCUT2D eigenvalue weighted by Gasteiger charge is -2.33. The van der Waals surface area contributed by atoms with E-state index < -0.39 is 0 Å². The summed E-state index contributed by atoms with van der Waals surface area (Å²) in [6.07, 6.45) is 3.43. The monoisotopic (exact) mass is 354 g/mol. The van der Waals surface area contributed by atoms with Gasteiger partial charge in [-0.3, -0.25) is 4.79 Å². The number of carbonyl (C=O) groups is 1. The second-order valence-electron chi connectivity index (χ2n) is 5.32. The molecule has 0 radical (unpaired) electrons. The van der Waals surface area contributed by atoms with E-state index in [0.29, 0.717) is 42.7 Å². The Balaban J connectivity index is 1.60. The molecule has 23 heavy (non-hydrogen) atoms. The number of aromatic nitrogens is 3. The molecule has 122 valence electrons. The van der Waals surface area contributed by atoms with E-state index in [1.165, 1.54) is 0 Å². The Bertz CT molecular complexity index is 678. The second-order valence-corrected chi connectivity index (χ2v) is 6.14. The smallest absolute Gasteiger partial charge is 0.224 e. The Hall–Kier alpha value is -1.63. The standard InChI is InChI=1S/C15H16Cl2N4O2/c16-12-2-1-11(7-13(12)17)14-8-21(5-6-23-14)15(22)3-4-20-9-18-19-10-20/h1-2,7,9-10,14H,3-6,8H2/t14-/m0/s1. The van der Waals surface area contributed by atoms with Gasteiger partial charge in [0.1, 0.15) is 18.8 Å². The number of aryl methyl sites for hydroxylation is 1. The zero-order valence-electron chi connectivity index (χ0n) is 12.4. The first-order valence-electron chi connectivity index (χ1n) is 7.30. The number of morpholine rings is 1. The fourth-order valence-electron chi connectivity index (χ4n) is 2.51. The zero-order valence-corrected chi connectivity index (χ0v) is 13.9. The fraction of sp³-hybridized carbons (Fsp3) is 0.400. The number of hydrogen-bond donors (Lipinski definition) is 0. The van der Waals surface area contributed by atoms with Gasteiger partial charge in [-0.1, -0.05) is 29.3 Å². The van der Waals surface area contributed by atoms with E-state index in [2.05, 4.69) is 10.2 Å². The summed E-state index contributed by atoms with van der Waals surface area (Å²) in [5.74, 6) is 0.0899. The summed E-state index contributed by atoms with van der Waals surface area (Å²) in [6, 6.07) is 5.42. The Morgan fingerprint density at radius 1 is 1.26 bits per heavy atom. The minimum Gasteiger partial charge on any atom is -0.370 e. The van der Waals surface area contributed by atoms with Crippen LogP contribution in [0.1, 0.15) is 18.1 Å². The average Bonchev–Trinajstić information content (AvgIpc) is 3.09. The summed E-state index contributed by atoms with van der Waals surface area (Å²) in [6.45, 7) is 2.18. The molecule has 1 aliphatic heterocycles. The summed E-state index contributed by atoms with van der Waals surface area (Å²) < 4.78 is 7.56. The van der Waals surface area contributed by atoms with Gasteiger partial charge in [-0.15, -0.1) is 10.2 Å². The topological polar surface area (TPSA) is 60.2 Å². The van der Waals surface area contributed by atoms with E-state index >= 15 is 0 Å². The third kappa shape index (κ3) is 4.02. The predicted molar refractivity (Wildman–Crippen MR) is 86.4 cm³/mol. The highest BCUT2D eigenvalue weighted by atomic mass is 35.5. The van der Waals surface area contributed by atoms with E-state index in [9.17, 15) is 4.79 Å². The Morgan fingerprint density at radius 3 is 2.78 bits per heavy atom. The molecule has 0 aliphatic carbocycles. The van der Waals surface area contributed by atoms with Gasteiger partial charge in [0.15, 0.2) is 0 Å². The van der Waals surface area contributed by atoms with Gasteiger partial charge in [0, 0.05) is 19.5 Å². The molecule has 2 aromatic rings. The van der Waals surface area contributed by atoms with Gasteiger partial charge in [0.2, 0.25) is 5.91 Å². The molecule has 6 nitrogen and oxygen atoms in total. The van der Waals surface area contributed by atoms with Crippen LogP contribution in [0.4, 0.5) is 0 Å². The highest BCUT2D eigenvalue weighted by Crippen LogP contribution is 2.29. The van der Waals surface area contributed by atoms with Crippen molar-refractivity contribution in [2.24, 2.45) is 0 Å². The van der Waals surface area contributed by atoms with Crippen molar-refractivity contribution in [1.29, 1.82) is 0 Å². The molecule has 3 rings (SSSR count). The molecule has 1 aliphatic rings. The Kier molecular flexibility index (Phi) is 5.15. The fourth-order valence-corrected chi connectivity index (χ4v) is 2.82. The van der Waals surface area contributed by atoms with Crippen LogP contribution < -0.4 is 0 Å². The number of carbonyl (C=O) groups excluding carboxylic acids is 1. The van der Waals surface area contributed by atoms with Crippen LogP contribution in [0.5, 0.6) is 0 Å². The summed E-state index contributed by atoms with van der Waals surface area (Å²) >= 11 is 12.0. The van der Waals surface area contributed by atoms with Crippen LogP contribution in [0.2, 0.25) is 10.0 Å². The van der Waals surface area contributed by atoms with Crippen molar-refractivity contribution in [3.05, 3.63) is 46.5 Å². The number of rotatable bonds is 4. The summed E-state index contributed by atoms with van der Waals surface area (Å²) in [7, 11) is 0. The minimum atomic E-state index is -0.183. The predicted octanol–water partition coefficient (Wildman–Crippen LogP) is 2.58. The van der Waals surface area contributed by atoms with Gasteiger partial charge in [-0.25, -0.2) is 0 Å². The van der Waals surface area contributed by atoms with E-state index in [0.717, 1.165) is 5.56 Å². The molecule has 1 atom stereocenters. The third-order valence-electron chi connectivity index (χ3n) is 3.79. The highest BCUT2D eigenvalue weighted by Gasteiger charge is 2.25. The molecule has 0 spiro atoms. The lowest BCUT2D eigenvalue weighted by Crippen LogP contribution is -2.42. The molecule has 2 heterocycles. The molecule has 8 heteroatoms. The minimum absolute atomic E-state index is 0.0899. The summed E-state index contributed by atoms with van der Waals surface area (Å²) in [5, 5.41) is 8.45. The van der Waals surface area contributed by atoms with E-state index in [4.69, 9.17) is 27.9 Å². The van der Waals surface area contributed by atoms with E-state index in [1.807, 2.05) is 11.0 Å². The van der Waals surface area contributed by atoms with Crippen LogP contribution in [-0.2, 0) is 16.1 Å². The number of hydrogen-bond acceptors (Lipinski definition) is 4. The van der Waals surface area contributed by atoms with Crippen LogP contribution in [0, 0.1) is 0 Å². The highest BCUT2D eigenvalue weighted by molar-refractivity contribution is 6.42. The molecule has 0 saturated carbocycles. The second kappa shape index (κ2) is 7.29. The van der Waals surface area contributed by atoms with Gasteiger partial charge in [0.25, 0.3) is 0 Å². The van der Waals surface area contributed by atoms with E-state index in [-0.39, 0.29) is 12.0 Å². The third-order valence-corrected chi connectivity index (χ3v) is 4.52. The molecular formula is C15H16Cl2N4O2. The summed E-state index contributed by atoms with van der Waals surface area (Å²) in [5.41, 5.74) is 0.927. The molecule has 0 bridgehead atoms. The average molecular weight is 355 g/mol. The quantitative estimate of drug-likeness (QED) is 0.846. The molecule has 1 aromatic heterocycles. The number of nitrogens with zero attached hydrogens (tertiary/aromatic N) is 4. The maximum absolute atomic E-state index is 12.4. The summed E-state index contributed by atoms with van der Waals surface area (Å²) in [4.78, 5) is 14.2. The molecule has 1 fully saturated rings. The van der Waals surface area contributed by atoms with Crippen LogP contribution in [0.3, 0.4) is 0 Å². The Morgan fingerprint density at radius 2 is 2.04 bits per heavy atom. The van der Waals surface area contributed by atoms with Crippen molar-refractivity contribution in [3.63, 3.8) is 0 Å². The maximum atomic E-state index is 12.4. The number of amides is 1. The molecule has 1 saturated heterocycles. The molecule has 1 aromatic carbocycles. The first kappa shape index (κ1) is 16.2. The molecular weight excluding hydrogens is 339 g/mol. The first-order chi connectivity index (χ1) is 11.1. The van der Waals surface area contributed by atoms with Crippen molar-refractivity contribution in [2.75, 3.05) is 19.7 Å². The SMILES string of the molecule is O=C(CCn1cnnc1)N1CCO[C@H](c2ccc(Cl)c(Cl)c2)C1. The van der Waals surface area contributed by atoms with Crippen LogP contribution in [-0.4, -0.2) is 45.3 Å². The lowest BCUT2D eigenvalue weighted by atomic mass is 10.1.